The van der Waals surface area contributed by atoms with E-state index in [1.165, 1.54) is 7.11 Å². The summed E-state index contributed by atoms with van der Waals surface area (Å²) in [7, 11) is 3.02. The van der Waals surface area contributed by atoms with Gasteiger partial charge in [-0.1, -0.05) is 32.0 Å². The number of anilines is 1. The normalized spacial score (nSPS) is 15.5. The van der Waals surface area contributed by atoms with Crippen LogP contribution in [0.5, 0.6) is 11.5 Å². The number of imidazole rings is 1. The number of allylic oxidation sites excluding steroid dienone is 1. The van der Waals surface area contributed by atoms with Crippen molar-refractivity contribution in [3.05, 3.63) is 59.3 Å². The van der Waals surface area contributed by atoms with Crippen LogP contribution in [-0.2, 0) is 9.53 Å². The highest BCUT2D eigenvalue weighted by Gasteiger charge is 2.35. The molecule has 3 aromatic rings. The van der Waals surface area contributed by atoms with Crippen molar-refractivity contribution in [3.63, 3.8) is 0 Å². The van der Waals surface area contributed by atoms with Gasteiger partial charge in [-0.15, -0.1) is 0 Å². The standard InChI is InChI=1S/C25H29N3O4/c1-15(2)12-13-32-20-11-10-17(14-21(20)30-4)23-22(24(29)31-5)16(3)26-25-27-18-8-6-7-9-19(18)28(23)25/h6-11,14-15,23H,12-13H2,1-5H3,(H,26,27). The lowest BCUT2D eigenvalue weighted by atomic mass is 9.94. The fourth-order valence-corrected chi connectivity index (χ4v) is 4.03. The van der Waals surface area contributed by atoms with Crippen molar-refractivity contribution >= 4 is 23.0 Å². The minimum absolute atomic E-state index is 0.389. The highest BCUT2D eigenvalue weighted by Crippen LogP contribution is 2.41. The molecule has 1 atom stereocenters. The van der Waals surface area contributed by atoms with Crippen molar-refractivity contribution in [1.29, 1.82) is 0 Å². The molecule has 0 spiro atoms. The largest absolute Gasteiger partial charge is 0.493 e. The molecule has 7 heteroatoms. The third-order valence-electron chi connectivity index (χ3n) is 5.69. The van der Waals surface area contributed by atoms with Crippen LogP contribution in [0.3, 0.4) is 0 Å². The number of carbonyl (C=O) groups excluding carboxylic acids is 1. The summed E-state index contributed by atoms with van der Waals surface area (Å²) in [5.74, 6) is 2.15. The number of hydrogen-bond acceptors (Lipinski definition) is 6. The van der Waals surface area contributed by atoms with Crippen LogP contribution in [0.15, 0.2) is 53.7 Å². The minimum atomic E-state index is -0.426. The average molecular weight is 436 g/mol. The van der Waals surface area contributed by atoms with E-state index in [1.54, 1.807) is 7.11 Å². The number of esters is 1. The summed E-state index contributed by atoms with van der Waals surface area (Å²) in [4.78, 5) is 17.6. The highest BCUT2D eigenvalue weighted by molar-refractivity contribution is 5.94. The van der Waals surface area contributed by atoms with Crippen LogP contribution in [0.1, 0.15) is 38.8 Å². The van der Waals surface area contributed by atoms with E-state index in [0.29, 0.717) is 41.2 Å². The number of fused-ring (bicyclic) bond motifs is 3. The summed E-state index contributed by atoms with van der Waals surface area (Å²) in [6, 6.07) is 13.2. The smallest absolute Gasteiger partial charge is 0.337 e. The van der Waals surface area contributed by atoms with E-state index in [-0.39, 0.29) is 5.97 Å². The third kappa shape index (κ3) is 3.90. The maximum atomic E-state index is 12.8. The van der Waals surface area contributed by atoms with Gasteiger partial charge in [0.2, 0.25) is 5.95 Å². The van der Waals surface area contributed by atoms with Gasteiger partial charge in [0.15, 0.2) is 11.5 Å². The Bertz CT molecular complexity index is 1180. The predicted octanol–water partition coefficient (Wildman–Crippen LogP) is 4.93. The Morgan fingerprint density at radius 1 is 1.16 bits per heavy atom. The summed E-state index contributed by atoms with van der Waals surface area (Å²) >= 11 is 0. The molecule has 0 saturated carbocycles. The van der Waals surface area contributed by atoms with Crippen LogP contribution < -0.4 is 14.8 Å². The molecule has 7 nitrogen and oxygen atoms in total. The molecule has 0 fully saturated rings. The summed E-state index contributed by atoms with van der Waals surface area (Å²) in [5.41, 5.74) is 3.88. The van der Waals surface area contributed by atoms with Gasteiger partial charge in [-0.3, -0.25) is 4.57 Å². The number of para-hydroxylation sites is 2. The molecule has 32 heavy (non-hydrogen) atoms. The zero-order valence-corrected chi connectivity index (χ0v) is 19.1. The number of ether oxygens (including phenoxy) is 3. The van der Waals surface area contributed by atoms with Gasteiger partial charge in [0, 0.05) is 5.70 Å². The zero-order chi connectivity index (χ0) is 22.8. The maximum Gasteiger partial charge on any atom is 0.337 e. The van der Waals surface area contributed by atoms with E-state index in [2.05, 4.69) is 19.2 Å². The lowest BCUT2D eigenvalue weighted by Crippen LogP contribution is -2.28. The molecule has 4 rings (SSSR count). The summed E-state index contributed by atoms with van der Waals surface area (Å²) < 4.78 is 18.8. The van der Waals surface area contributed by atoms with E-state index in [1.807, 2.05) is 54.0 Å². The number of benzene rings is 2. The SMILES string of the molecule is COC(=O)C1=C(C)Nc2nc3ccccc3n2C1c1ccc(OCCC(C)C)c(OC)c1. The Kier molecular flexibility index (Phi) is 6.08. The molecule has 0 bridgehead atoms. The zero-order valence-electron chi connectivity index (χ0n) is 19.1. The first-order valence-corrected chi connectivity index (χ1v) is 10.8. The fraction of sp³-hybridized carbons (Fsp3) is 0.360. The molecule has 1 aromatic heterocycles. The van der Waals surface area contributed by atoms with Gasteiger partial charge in [0.25, 0.3) is 0 Å². The number of nitrogens with zero attached hydrogens (tertiary/aromatic N) is 2. The van der Waals surface area contributed by atoms with Crippen molar-refractivity contribution in [1.82, 2.24) is 9.55 Å². The molecule has 1 N–H and O–H groups in total. The summed E-state index contributed by atoms with van der Waals surface area (Å²) in [5, 5.41) is 3.27. The Balaban J connectivity index is 1.83. The van der Waals surface area contributed by atoms with Crippen LogP contribution in [0.2, 0.25) is 0 Å². The monoisotopic (exact) mass is 435 g/mol. The van der Waals surface area contributed by atoms with Gasteiger partial charge in [0.1, 0.15) is 0 Å². The van der Waals surface area contributed by atoms with Crippen molar-refractivity contribution in [2.75, 3.05) is 26.1 Å². The summed E-state index contributed by atoms with van der Waals surface area (Å²) in [6.45, 7) is 6.81. The lowest BCUT2D eigenvalue weighted by molar-refractivity contribution is -0.136. The fourth-order valence-electron chi connectivity index (χ4n) is 4.03. The van der Waals surface area contributed by atoms with Crippen LogP contribution in [0.25, 0.3) is 11.0 Å². The first-order valence-electron chi connectivity index (χ1n) is 10.8. The van der Waals surface area contributed by atoms with Gasteiger partial charge in [-0.25, -0.2) is 9.78 Å². The second kappa shape index (κ2) is 8.94. The highest BCUT2D eigenvalue weighted by atomic mass is 16.5. The van der Waals surface area contributed by atoms with Gasteiger partial charge >= 0.3 is 5.97 Å². The topological polar surface area (TPSA) is 74.6 Å². The molecule has 1 unspecified atom stereocenters. The molecule has 168 valence electrons. The Hall–Kier alpha value is -3.48. The number of hydrogen-bond donors (Lipinski definition) is 1. The van der Waals surface area contributed by atoms with E-state index < -0.39 is 6.04 Å². The van der Waals surface area contributed by atoms with Gasteiger partial charge in [0.05, 0.1) is 43.5 Å². The Morgan fingerprint density at radius 3 is 2.66 bits per heavy atom. The molecular weight excluding hydrogens is 406 g/mol. The molecule has 0 amide bonds. The average Bonchev–Trinajstić information content (AvgIpc) is 3.15. The molecule has 0 aliphatic carbocycles. The number of carbonyl (C=O) groups is 1. The van der Waals surface area contributed by atoms with E-state index >= 15 is 0 Å². The van der Waals surface area contributed by atoms with Crippen LogP contribution in [0.4, 0.5) is 5.95 Å². The van der Waals surface area contributed by atoms with Crippen molar-refractivity contribution in [3.8, 4) is 11.5 Å². The maximum absolute atomic E-state index is 12.8. The molecule has 0 saturated heterocycles. The molecule has 0 radical (unpaired) electrons. The number of methoxy groups -OCH3 is 2. The first kappa shape index (κ1) is 21.7. The first-order chi connectivity index (χ1) is 15.4. The van der Waals surface area contributed by atoms with E-state index in [0.717, 1.165) is 23.0 Å². The number of rotatable bonds is 7. The van der Waals surface area contributed by atoms with Crippen LogP contribution >= 0.6 is 0 Å². The van der Waals surface area contributed by atoms with Crippen molar-refractivity contribution in [2.24, 2.45) is 5.92 Å². The van der Waals surface area contributed by atoms with Gasteiger partial charge in [-0.2, -0.15) is 0 Å². The molecule has 1 aliphatic heterocycles. The van der Waals surface area contributed by atoms with Crippen molar-refractivity contribution < 1.29 is 19.0 Å². The number of aromatic nitrogens is 2. The van der Waals surface area contributed by atoms with Crippen LogP contribution in [-0.4, -0.2) is 36.3 Å². The lowest BCUT2D eigenvalue weighted by Gasteiger charge is -2.30. The summed E-state index contributed by atoms with van der Waals surface area (Å²) in [6.07, 6.45) is 0.956. The predicted molar refractivity (Wildman–Crippen MR) is 124 cm³/mol. The molecular formula is C25H29N3O4. The Morgan fingerprint density at radius 2 is 1.94 bits per heavy atom. The van der Waals surface area contributed by atoms with Crippen LogP contribution in [0, 0.1) is 5.92 Å². The second-order valence-electron chi connectivity index (χ2n) is 8.29. The molecule has 2 heterocycles. The number of nitrogens with one attached hydrogen (secondary N) is 1. The quantitative estimate of drug-likeness (QED) is 0.531. The van der Waals surface area contributed by atoms with Crippen molar-refractivity contribution in [2.45, 2.75) is 33.2 Å². The molecule has 2 aromatic carbocycles. The van der Waals surface area contributed by atoms with Gasteiger partial charge in [-0.05, 0) is 49.1 Å². The Labute approximate surface area is 188 Å². The molecule has 1 aliphatic rings. The third-order valence-corrected chi connectivity index (χ3v) is 5.69. The van der Waals surface area contributed by atoms with E-state index in [4.69, 9.17) is 19.2 Å². The van der Waals surface area contributed by atoms with E-state index in [9.17, 15) is 4.79 Å². The minimum Gasteiger partial charge on any atom is -0.493 e. The second-order valence-corrected chi connectivity index (χ2v) is 8.29. The van der Waals surface area contributed by atoms with Gasteiger partial charge < -0.3 is 19.5 Å².